The number of hydrogen-bond donors (Lipinski definition) is 2. The Morgan fingerprint density at radius 2 is 2.32 bits per heavy atom. The number of H-pyrrole nitrogens is 1. The Bertz CT molecular complexity index is 587. The second kappa shape index (κ2) is 6.08. The van der Waals surface area contributed by atoms with Crippen molar-refractivity contribution in [2.75, 3.05) is 5.32 Å². The van der Waals surface area contributed by atoms with Crippen molar-refractivity contribution in [2.24, 2.45) is 0 Å². The number of anilines is 1. The molecule has 0 aliphatic carbocycles. The molecule has 2 N–H and O–H groups in total. The summed E-state index contributed by atoms with van der Waals surface area (Å²) in [6.07, 6.45) is 0. The molecule has 19 heavy (non-hydrogen) atoms. The van der Waals surface area contributed by atoms with Gasteiger partial charge in [0.2, 0.25) is 11.1 Å². The zero-order chi connectivity index (χ0) is 13.8. The zero-order valence-electron chi connectivity index (χ0n) is 10.5. The van der Waals surface area contributed by atoms with Gasteiger partial charge in [-0.1, -0.05) is 29.4 Å². The van der Waals surface area contributed by atoms with Crippen LogP contribution in [-0.2, 0) is 4.79 Å². The smallest absolute Gasteiger partial charge is 0.237 e. The molecule has 7 heteroatoms. The van der Waals surface area contributed by atoms with Gasteiger partial charge in [0.05, 0.1) is 5.25 Å². The lowest BCUT2D eigenvalue weighted by Gasteiger charge is -2.10. The second-order valence-corrected chi connectivity index (χ2v) is 5.71. The molecule has 0 aliphatic heterocycles. The van der Waals surface area contributed by atoms with Crippen LogP contribution >= 0.6 is 23.4 Å². The molecule has 1 heterocycles. The first-order valence-electron chi connectivity index (χ1n) is 5.66. The fraction of sp³-hybridized carbons (Fsp3) is 0.250. The van der Waals surface area contributed by atoms with E-state index in [-0.39, 0.29) is 11.2 Å². The van der Waals surface area contributed by atoms with Crippen LogP contribution < -0.4 is 5.32 Å². The van der Waals surface area contributed by atoms with Crippen molar-refractivity contribution in [2.45, 2.75) is 24.3 Å². The molecule has 1 aromatic heterocycles. The molecular weight excluding hydrogens is 284 g/mol. The SMILES string of the molecule is Cc1nc(SC(C)C(=O)Nc2cccc(Cl)c2)n[nH]1. The maximum absolute atomic E-state index is 12.0. The highest BCUT2D eigenvalue weighted by molar-refractivity contribution is 8.00. The largest absolute Gasteiger partial charge is 0.325 e. The lowest BCUT2D eigenvalue weighted by Crippen LogP contribution is -2.22. The zero-order valence-corrected chi connectivity index (χ0v) is 12.0. The summed E-state index contributed by atoms with van der Waals surface area (Å²) in [5.41, 5.74) is 0.677. The second-order valence-electron chi connectivity index (χ2n) is 3.96. The number of thioether (sulfide) groups is 1. The standard InChI is InChI=1S/C12H13ClN4OS/c1-7(19-12-14-8(2)16-17-12)11(18)15-10-5-3-4-9(13)6-10/h3-7H,1-2H3,(H,15,18)(H,14,16,17). The summed E-state index contributed by atoms with van der Waals surface area (Å²) in [5, 5.41) is 10.4. The molecule has 1 unspecified atom stereocenters. The summed E-state index contributed by atoms with van der Waals surface area (Å²) in [5.74, 6) is 0.611. The number of aromatic nitrogens is 3. The first-order chi connectivity index (χ1) is 9.04. The van der Waals surface area contributed by atoms with Gasteiger partial charge in [-0.05, 0) is 32.0 Å². The molecule has 2 rings (SSSR count). The minimum atomic E-state index is -0.297. The summed E-state index contributed by atoms with van der Waals surface area (Å²) in [7, 11) is 0. The lowest BCUT2D eigenvalue weighted by molar-refractivity contribution is -0.115. The maximum atomic E-state index is 12.0. The van der Waals surface area contributed by atoms with Crippen molar-refractivity contribution in [3.05, 3.63) is 35.1 Å². The number of halogens is 1. The van der Waals surface area contributed by atoms with E-state index in [1.807, 2.05) is 6.92 Å². The van der Waals surface area contributed by atoms with Crippen LogP contribution in [0, 0.1) is 6.92 Å². The van der Waals surface area contributed by atoms with E-state index in [4.69, 9.17) is 11.6 Å². The van der Waals surface area contributed by atoms with Crippen molar-refractivity contribution in [3.8, 4) is 0 Å². The predicted molar refractivity (Wildman–Crippen MR) is 76.5 cm³/mol. The van der Waals surface area contributed by atoms with Crippen LogP contribution in [0.3, 0.4) is 0 Å². The molecular formula is C12H13ClN4OS. The van der Waals surface area contributed by atoms with Gasteiger partial charge in [0.15, 0.2) is 0 Å². The van der Waals surface area contributed by atoms with E-state index in [0.29, 0.717) is 15.9 Å². The molecule has 0 aliphatic rings. The first-order valence-corrected chi connectivity index (χ1v) is 6.92. The van der Waals surface area contributed by atoms with E-state index < -0.39 is 0 Å². The van der Waals surface area contributed by atoms with Gasteiger partial charge in [-0.2, -0.15) is 0 Å². The number of nitrogens with one attached hydrogen (secondary N) is 2. The van der Waals surface area contributed by atoms with E-state index in [0.717, 1.165) is 5.82 Å². The van der Waals surface area contributed by atoms with Crippen molar-refractivity contribution in [1.29, 1.82) is 0 Å². The van der Waals surface area contributed by atoms with Crippen LogP contribution in [0.15, 0.2) is 29.4 Å². The Kier molecular flexibility index (Phi) is 4.44. The summed E-state index contributed by atoms with van der Waals surface area (Å²) < 4.78 is 0. The third kappa shape index (κ3) is 3.97. The van der Waals surface area contributed by atoms with Crippen LogP contribution in [0.2, 0.25) is 5.02 Å². The van der Waals surface area contributed by atoms with Gasteiger partial charge in [-0.3, -0.25) is 9.89 Å². The molecule has 0 saturated carbocycles. The Morgan fingerprint density at radius 3 is 2.95 bits per heavy atom. The molecule has 1 amide bonds. The van der Waals surface area contributed by atoms with Crippen LogP contribution in [0.4, 0.5) is 5.69 Å². The minimum Gasteiger partial charge on any atom is -0.325 e. The van der Waals surface area contributed by atoms with Crippen molar-refractivity contribution < 1.29 is 4.79 Å². The van der Waals surface area contributed by atoms with Gasteiger partial charge >= 0.3 is 0 Å². The number of aryl methyl sites for hydroxylation is 1. The summed E-state index contributed by atoms with van der Waals surface area (Å²) >= 11 is 7.16. The fourth-order valence-electron chi connectivity index (χ4n) is 1.40. The number of amides is 1. The molecule has 1 aromatic carbocycles. The first kappa shape index (κ1) is 13.9. The van der Waals surface area contributed by atoms with Crippen LogP contribution in [0.5, 0.6) is 0 Å². The van der Waals surface area contributed by atoms with Gasteiger partial charge in [-0.25, -0.2) is 4.98 Å². The third-order valence-electron chi connectivity index (χ3n) is 2.32. The highest BCUT2D eigenvalue weighted by Crippen LogP contribution is 2.21. The van der Waals surface area contributed by atoms with Crippen LogP contribution in [0.1, 0.15) is 12.7 Å². The molecule has 100 valence electrons. The summed E-state index contributed by atoms with van der Waals surface area (Å²) in [6, 6.07) is 7.03. The molecule has 1 atom stereocenters. The highest BCUT2D eigenvalue weighted by Gasteiger charge is 2.16. The fourth-order valence-corrected chi connectivity index (χ4v) is 2.36. The maximum Gasteiger partial charge on any atom is 0.237 e. The van der Waals surface area contributed by atoms with E-state index >= 15 is 0 Å². The predicted octanol–water partition coefficient (Wildman–Crippen LogP) is 2.89. The van der Waals surface area contributed by atoms with E-state index in [1.54, 1.807) is 31.2 Å². The van der Waals surface area contributed by atoms with Gasteiger partial charge in [0, 0.05) is 10.7 Å². The third-order valence-corrected chi connectivity index (χ3v) is 3.52. The summed E-state index contributed by atoms with van der Waals surface area (Å²) in [6.45, 7) is 3.62. The molecule has 0 radical (unpaired) electrons. The van der Waals surface area contributed by atoms with Crippen molar-refractivity contribution >= 4 is 35.0 Å². The van der Waals surface area contributed by atoms with Crippen molar-refractivity contribution in [1.82, 2.24) is 15.2 Å². The van der Waals surface area contributed by atoms with E-state index in [9.17, 15) is 4.79 Å². The Morgan fingerprint density at radius 1 is 1.53 bits per heavy atom. The Balaban J connectivity index is 1.96. The Labute approximate surface area is 120 Å². The monoisotopic (exact) mass is 296 g/mol. The van der Waals surface area contributed by atoms with Crippen LogP contribution in [0.25, 0.3) is 0 Å². The number of hydrogen-bond acceptors (Lipinski definition) is 4. The number of benzene rings is 1. The van der Waals surface area contributed by atoms with Gasteiger partial charge < -0.3 is 5.32 Å². The van der Waals surface area contributed by atoms with Gasteiger partial charge in [-0.15, -0.1) is 5.10 Å². The van der Waals surface area contributed by atoms with E-state index in [2.05, 4.69) is 20.5 Å². The molecule has 0 fully saturated rings. The summed E-state index contributed by atoms with van der Waals surface area (Å²) in [4.78, 5) is 16.1. The average molecular weight is 297 g/mol. The van der Waals surface area contributed by atoms with Crippen LogP contribution in [-0.4, -0.2) is 26.3 Å². The number of carbonyl (C=O) groups excluding carboxylic acids is 1. The van der Waals surface area contributed by atoms with Gasteiger partial charge in [0.1, 0.15) is 5.82 Å². The minimum absolute atomic E-state index is 0.116. The van der Waals surface area contributed by atoms with Crippen molar-refractivity contribution in [3.63, 3.8) is 0 Å². The normalized spacial score (nSPS) is 12.2. The van der Waals surface area contributed by atoms with Gasteiger partial charge in [0.25, 0.3) is 0 Å². The molecule has 0 saturated heterocycles. The molecule has 0 bridgehead atoms. The lowest BCUT2D eigenvalue weighted by atomic mass is 10.3. The molecule has 0 spiro atoms. The number of nitrogens with zero attached hydrogens (tertiary/aromatic N) is 2. The topological polar surface area (TPSA) is 70.7 Å². The average Bonchev–Trinajstić information content (AvgIpc) is 2.74. The van der Waals surface area contributed by atoms with E-state index in [1.165, 1.54) is 11.8 Å². The molecule has 2 aromatic rings. The Hall–Kier alpha value is -1.53. The quantitative estimate of drug-likeness (QED) is 0.851. The number of carbonyl (C=O) groups is 1. The number of rotatable bonds is 4. The molecule has 5 nitrogen and oxygen atoms in total. The highest BCUT2D eigenvalue weighted by atomic mass is 35.5. The number of aromatic amines is 1.